The molecule has 0 amide bonds. The number of hydrogen-bond acceptors (Lipinski definition) is 3. The van der Waals surface area contributed by atoms with Crippen molar-refractivity contribution in [1.29, 1.82) is 0 Å². The van der Waals surface area contributed by atoms with Crippen LogP contribution in [0.15, 0.2) is 0 Å². The Bertz CT molecular complexity index is 312. The molecule has 4 nitrogen and oxygen atoms in total. The summed E-state index contributed by atoms with van der Waals surface area (Å²) >= 11 is 0. The second-order valence-electron chi connectivity index (χ2n) is 7.07. The molecule has 1 aliphatic rings. The summed E-state index contributed by atoms with van der Waals surface area (Å²) in [4.78, 5) is 13.6. The average Bonchev–Trinajstić information content (AvgIpc) is 2.77. The number of carboxylic acid groups (broad SMARTS) is 1. The van der Waals surface area contributed by atoms with Gasteiger partial charge in [0.2, 0.25) is 0 Å². The summed E-state index contributed by atoms with van der Waals surface area (Å²) in [6.45, 7) is 12.0. The monoisotopic (exact) mass is 270 g/mol. The van der Waals surface area contributed by atoms with Crippen molar-refractivity contribution in [3.8, 4) is 0 Å². The fraction of sp³-hybridized carbons (Fsp3) is 0.933. The van der Waals surface area contributed by atoms with Crippen LogP contribution >= 0.6 is 0 Å². The molecule has 0 bridgehead atoms. The molecular weight excluding hydrogens is 240 g/mol. The zero-order chi connectivity index (χ0) is 14.7. The lowest BCUT2D eigenvalue weighted by molar-refractivity contribution is -0.143. The normalized spacial score (nSPS) is 24.4. The third kappa shape index (κ3) is 4.46. The van der Waals surface area contributed by atoms with Crippen LogP contribution in [-0.4, -0.2) is 41.1 Å². The van der Waals surface area contributed by atoms with Gasteiger partial charge in [0.25, 0.3) is 0 Å². The maximum atomic E-state index is 11.1. The van der Waals surface area contributed by atoms with Gasteiger partial charge in [-0.25, -0.2) is 0 Å². The molecule has 1 heterocycles. The molecule has 0 aromatic rings. The van der Waals surface area contributed by atoms with Gasteiger partial charge in [0.1, 0.15) is 5.54 Å². The molecule has 0 aromatic heterocycles. The van der Waals surface area contributed by atoms with Crippen LogP contribution in [0.4, 0.5) is 0 Å². The molecule has 1 aliphatic heterocycles. The highest BCUT2D eigenvalue weighted by Crippen LogP contribution is 2.33. The highest BCUT2D eigenvalue weighted by atomic mass is 16.4. The lowest BCUT2D eigenvalue weighted by Crippen LogP contribution is -2.47. The van der Waals surface area contributed by atoms with Gasteiger partial charge in [0.05, 0.1) is 0 Å². The maximum Gasteiger partial charge on any atom is 0.323 e. The summed E-state index contributed by atoms with van der Waals surface area (Å²) in [5.74, 6) is -0.121. The molecule has 1 saturated heterocycles. The first-order valence-electron chi connectivity index (χ1n) is 7.43. The summed E-state index contributed by atoms with van der Waals surface area (Å²) < 4.78 is 0. The number of hydrogen-bond donors (Lipinski definition) is 2. The molecule has 1 fully saturated rings. The smallest absolute Gasteiger partial charge is 0.323 e. The first-order valence-corrected chi connectivity index (χ1v) is 7.43. The van der Waals surface area contributed by atoms with Crippen molar-refractivity contribution in [3.05, 3.63) is 0 Å². The van der Waals surface area contributed by atoms with Crippen LogP contribution < -0.4 is 5.73 Å². The van der Waals surface area contributed by atoms with Crippen LogP contribution in [0.1, 0.15) is 53.4 Å². The van der Waals surface area contributed by atoms with Gasteiger partial charge in [-0.2, -0.15) is 0 Å². The van der Waals surface area contributed by atoms with Crippen LogP contribution in [0.2, 0.25) is 0 Å². The highest BCUT2D eigenvalue weighted by molar-refractivity contribution is 5.78. The zero-order valence-electron chi connectivity index (χ0n) is 12.9. The first-order chi connectivity index (χ1) is 8.69. The number of nitrogens with zero attached hydrogens (tertiary/aromatic N) is 1. The zero-order valence-corrected chi connectivity index (χ0v) is 12.9. The Hall–Kier alpha value is -0.610. The van der Waals surface area contributed by atoms with Crippen LogP contribution in [0.5, 0.6) is 0 Å². The van der Waals surface area contributed by atoms with Crippen LogP contribution in [0.3, 0.4) is 0 Å². The van der Waals surface area contributed by atoms with Crippen molar-refractivity contribution in [2.24, 2.45) is 17.1 Å². The quantitative estimate of drug-likeness (QED) is 0.777. The summed E-state index contributed by atoms with van der Waals surface area (Å²) in [5.41, 5.74) is 5.24. The van der Waals surface area contributed by atoms with Crippen LogP contribution in [0.25, 0.3) is 0 Å². The van der Waals surface area contributed by atoms with E-state index in [2.05, 4.69) is 25.7 Å². The predicted octanol–water partition coefficient (Wildman–Crippen LogP) is 2.33. The minimum atomic E-state index is -1.04. The summed E-state index contributed by atoms with van der Waals surface area (Å²) in [6, 6.07) is 0. The molecule has 0 aromatic carbocycles. The van der Waals surface area contributed by atoms with E-state index in [0.29, 0.717) is 18.3 Å². The average molecular weight is 270 g/mol. The van der Waals surface area contributed by atoms with Crippen molar-refractivity contribution in [2.45, 2.75) is 58.9 Å². The van der Waals surface area contributed by atoms with E-state index >= 15 is 0 Å². The molecule has 0 aliphatic carbocycles. The molecule has 1 rings (SSSR count). The van der Waals surface area contributed by atoms with Crippen molar-refractivity contribution in [2.75, 3.05) is 19.6 Å². The minimum Gasteiger partial charge on any atom is -0.480 e. The summed E-state index contributed by atoms with van der Waals surface area (Å²) in [5, 5.41) is 9.13. The van der Waals surface area contributed by atoms with E-state index in [4.69, 9.17) is 10.8 Å². The molecule has 0 spiro atoms. The second-order valence-corrected chi connectivity index (χ2v) is 7.07. The Balaban J connectivity index is 2.34. The SMILES string of the molecule is CCC(N)(CCCN1CCC(C(C)(C)C)C1)C(=O)O. The molecule has 112 valence electrons. The van der Waals surface area contributed by atoms with Crippen molar-refractivity contribution in [1.82, 2.24) is 4.90 Å². The van der Waals surface area contributed by atoms with Gasteiger partial charge in [0, 0.05) is 6.54 Å². The number of rotatable bonds is 6. The van der Waals surface area contributed by atoms with E-state index in [0.717, 1.165) is 32.0 Å². The van der Waals surface area contributed by atoms with E-state index in [1.54, 1.807) is 0 Å². The first kappa shape index (κ1) is 16.4. The number of nitrogens with two attached hydrogens (primary N) is 1. The van der Waals surface area contributed by atoms with Crippen molar-refractivity contribution >= 4 is 5.97 Å². The Morgan fingerprint density at radius 2 is 2.05 bits per heavy atom. The Morgan fingerprint density at radius 1 is 1.42 bits per heavy atom. The fourth-order valence-electron chi connectivity index (χ4n) is 2.80. The lowest BCUT2D eigenvalue weighted by atomic mass is 9.80. The topological polar surface area (TPSA) is 66.6 Å². The predicted molar refractivity (Wildman–Crippen MR) is 78.1 cm³/mol. The van der Waals surface area contributed by atoms with Gasteiger partial charge in [-0.15, -0.1) is 0 Å². The maximum absolute atomic E-state index is 11.1. The number of likely N-dealkylation sites (tertiary alicyclic amines) is 1. The number of carboxylic acids is 1. The molecule has 0 radical (unpaired) electrons. The largest absolute Gasteiger partial charge is 0.480 e. The molecule has 4 heteroatoms. The van der Waals surface area contributed by atoms with E-state index in [9.17, 15) is 4.79 Å². The Labute approximate surface area is 117 Å². The summed E-state index contributed by atoms with van der Waals surface area (Å²) in [7, 11) is 0. The third-order valence-electron chi connectivity index (χ3n) is 4.65. The van der Waals surface area contributed by atoms with E-state index in [-0.39, 0.29) is 0 Å². The van der Waals surface area contributed by atoms with Gasteiger partial charge < -0.3 is 15.7 Å². The Morgan fingerprint density at radius 3 is 2.47 bits per heavy atom. The Kier molecular flexibility index (Phi) is 5.39. The highest BCUT2D eigenvalue weighted by Gasteiger charge is 2.33. The number of carbonyl (C=O) groups is 1. The molecule has 2 unspecified atom stereocenters. The van der Waals surface area contributed by atoms with Crippen LogP contribution in [0, 0.1) is 11.3 Å². The standard InChI is InChI=1S/C15H30N2O2/c1-5-15(16,13(18)19)8-6-9-17-10-7-12(11-17)14(2,3)4/h12H,5-11,16H2,1-4H3,(H,18,19). The fourth-order valence-corrected chi connectivity index (χ4v) is 2.80. The van der Waals surface area contributed by atoms with E-state index in [1.807, 2.05) is 6.92 Å². The van der Waals surface area contributed by atoms with Gasteiger partial charge in [-0.05, 0) is 50.1 Å². The van der Waals surface area contributed by atoms with Crippen molar-refractivity contribution in [3.63, 3.8) is 0 Å². The second kappa shape index (κ2) is 6.23. The molecule has 3 N–H and O–H groups in total. The lowest BCUT2D eigenvalue weighted by Gasteiger charge is -2.27. The molecule has 19 heavy (non-hydrogen) atoms. The summed E-state index contributed by atoms with van der Waals surface area (Å²) in [6.07, 6.45) is 3.18. The molecule has 0 saturated carbocycles. The third-order valence-corrected chi connectivity index (χ3v) is 4.65. The van der Waals surface area contributed by atoms with E-state index in [1.165, 1.54) is 6.42 Å². The number of aliphatic carboxylic acids is 1. The van der Waals surface area contributed by atoms with Gasteiger partial charge >= 0.3 is 5.97 Å². The van der Waals surface area contributed by atoms with E-state index < -0.39 is 11.5 Å². The van der Waals surface area contributed by atoms with Gasteiger partial charge in [-0.1, -0.05) is 27.7 Å². The minimum absolute atomic E-state index is 0.372. The van der Waals surface area contributed by atoms with Crippen molar-refractivity contribution < 1.29 is 9.90 Å². The molecule has 2 atom stereocenters. The van der Waals surface area contributed by atoms with Gasteiger partial charge in [-0.3, -0.25) is 4.79 Å². The van der Waals surface area contributed by atoms with Gasteiger partial charge in [0.15, 0.2) is 0 Å². The van der Waals surface area contributed by atoms with Crippen LogP contribution in [-0.2, 0) is 4.79 Å². The molecular formula is C15H30N2O2.